The predicted octanol–water partition coefficient (Wildman–Crippen LogP) is 0.578. The summed E-state index contributed by atoms with van der Waals surface area (Å²) < 4.78 is 27.3. The molecule has 2 rings (SSSR count). The molecule has 0 saturated heterocycles. The molecular weight excluding hydrogens is 322 g/mol. The largest absolute Gasteiger partial charge is 0.480 e. The molecule has 0 bridgehead atoms. The number of carbonyl (C=O) groups is 1. The van der Waals surface area contributed by atoms with E-state index in [0.29, 0.717) is 5.56 Å². The van der Waals surface area contributed by atoms with Crippen molar-refractivity contribution in [3.8, 4) is 0 Å². The first-order valence-electron chi connectivity index (χ1n) is 6.61. The van der Waals surface area contributed by atoms with Crippen molar-refractivity contribution in [2.75, 3.05) is 4.72 Å². The van der Waals surface area contributed by atoms with E-state index in [9.17, 15) is 18.0 Å². The van der Waals surface area contributed by atoms with Crippen LogP contribution in [0.3, 0.4) is 0 Å². The molecule has 0 radical (unpaired) electrons. The maximum atomic E-state index is 12.2. The molecule has 1 heterocycles. The zero-order valence-electron chi connectivity index (χ0n) is 12.3. The van der Waals surface area contributed by atoms with Crippen LogP contribution in [0.2, 0.25) is 0 Å². The van der Waals surface area contributed by atoms with Gasteiger partial charge in [-0.3, -0.25) is 18.9 Å². The quantitative estimate of drug-likeness (QED) is 0.796. The standard InChI is InChI=1S/C14H15N3O5S/c1-10-15-7-12(14(20)17(10)8-13(18)19)16-23(21,22)9-11-5-3-2-4-6-11/h2-7,16H,8-9H2,1H3,(H,18,19). The molecule has 23 heavy (non-hydrogen) atoms. The van der Waals surface area contributed by atoms with Gasteiger partial charge in [0.05, 0.1) is 11.9 Å². The number of hydrogen-bond acceptors (Lipinski definition) is 5. The molecule has 0 amide bonds. The Bertz CT molecular complexity index is 875. The fraction of sp³-hybridized carbons (Fsp3) is 0.214. The lowest BCUT2D eigenvalue weighted by atomic mass is 10.2. The highest BCUT2D eigenvalue weighted by Gasteiger charge is 2.17. The maximum absolute atomic E-state index is 12.2. The number of nitrogens with zero attached hydrogens (tertiary/aromatic N) is 2. The van der Waals surface area contributed by atoms with Crippen LogP contribution in [0.4, 0.5) is 5.69 Å². The van der Waals surface area contributed by atoms with Crippen LogP contribution >= 0.6 is 0 Å². The first kappa shape index (κ1) is 16.7. The molecule has 0 aliphatic rings. The van der Waals surface area contributed by atoms with Crippen molar-refractivity contribution in [1.29, 1.82) is 0 Å². The van der Waals surface area contributed by atoms with Gasteiger partial charge in [0.1, 0.15) is 18.1 Å². The molecule has 2 N–H and O–H groups in total. The van der Waals surface area contributed by atoms with E-state index in [-0.39, 0.29) is 17.3 Å². The number of aliphatic carboxylic acids is 1. The van der Waals surface area contributed by atoms with Gasteiger partial charge in [0.2, 0.25) is 10.0 Å². The molecule has 0 fully saturated rings. The summed E-state index contributed by atoms with van der Waals surface area (Å²) in [6.07, 6.45) is 1.08. The van der Waals surface area contributed by atoms with Crippen LogP contribution in [0.15, 0.2) is 41.3 Å². The lowest BCUT2D eigenvalue weighted by Gasteiger charge is -2.11. The molecule has 0 aliphatic carbocycles. The van der Waals surface area contributed by atoms with Gasteiger partial charge in [0.25, 0.3) is 5.56 Å². The lowest BCUT2D eigenvalue weighted by Crippen LogP contribution is -2.30. The SMILES string of the molecule is Cc1ncc(NS(=O)(=O)Cc2ccccc2)c(=O)n1CC(=O)O. The Morgan fingerprint density at radius 2 is 1.96 bits per heavy atom. The summed E-state index contributed by atoms with van der Waals surface area (Å²) in [4.78, 5) is 26.8. The van der Waals surface area contributed by atoms with E-state index in [0.717, 1.165) is 10.8 Å². The molecule has 9 heteroatoms. The van der Waals surface area contributed by atoms with Gasteiger partial charge in [-0.15, -0.1) is 0 Å². The molecule has 0 saturated carbocycles. The second-order valence-corrected chi connectivity index (χ2v) is 6.57. The van der Waals surface area contributed by atoms with Crippen LogP contribution in [0.1, 0.15) is 11.4 Å². The van der Waals surface area contributed by atoms with Crippen molar-refractivity contribution >= 4 is 21.7 Å². The molecule has 8 nitrogen and oxygen atoms in total. The second-order valence-electron chi connectivity index (χ2n) is 4.85. The van der Waals surface area contributed by atoms with Crippen molar-refractivity contribution in [3.05, 3.63) is 58.3 Å². The number of aryl methyl sites for hydroxylation is 1. The predicted molar refractivity (Wildman–Crippen MR) is 83.6 cm³/mol. The van der Waals surface area contributed by atoms with Crippen LogP contribution < -0.4 is 10.3 Å². The number of rotatable bonds is 6. The Balaban J connectivity index is 2.29. The number of aromatic nitrogens is 2. The van der Waals surface area contributed by atoms with Crippen molar-refractivity contribution in [3.63, 3.8) is 0 Å². The molecule has 0 atom stereocenters. The number of benzene rings is 1. The first-order chi connectivity index (χ1) is 10.8. The zero-order chi connectivity index (χ0) is 17.0. The third-order valence-electron chi connectivity index (χ3n) is 3.01. The molecule has 1 aromatic carbocycles. The Morgan fingerprint density at radius 3 is 2.57 bits per heavy atom. The van der Waals surface area contributed by atoms with E-state index in [1.807, 2.05) is 0 Å². The number of hydrogen-bond donors (Lipinski definition) is 2. The number of sulfonamides is 1. The maximum Gasteiger partial charge on any atom is 0.323 e. The summed E-state index contributed by atoms with van der Waals surface area (Å²) in [6, 6.07) is 8.47. The van der Waals surface area contributed by atoms with E-state index >= 15 is 0 Å². The smallest absolute Gasteiger partial charge is 0.323 e. The van der Waals surface area contributed by atoms with Crippen LogP contribution in [-0.4, -0.2) is 29.0 Å². The average molecular weight is 337 g/mol. The van der Waals surface area contributed by atoms with E-state index in [1.165, 1.54) is 6.92 Å². The fourth-order valence-electron chi connectivity index (χ4n) is 1.96. The summed E-state index contributed by atoms with van der Waals surface area (Å²) in [6.45, 7) is 0.874. The molecule has 0 aliphatic heterocycles. The minimum Gasteiger partial charge on any atom is -0.480 e. The van der Waals surface area contributed by atoms with Gasteiger partial charge >= 0.3 is 5.97 Å². The molecule has 1 aromatic heterocycles. The summed E-state index contributed by atoms with van der Waals surface area (Å²) in [5.41, 5.74) is -0.477. The van der Waals surface area contributed by atoms with Crippen molar-refractivity contribution < 1.29 is 18.3 Å². The normalized spacial score (nSPS) is 11.2. The van der Waals surface area contributed by atoms with Crippen LogP contribution in [0.25, 0.3) is 0 Å². The van der Waals surface area contributed by atoms with Gasteiger partial charge < -0.3 is 5.11 Å². The highest BCUT2D eigenvalue weighted by molar-refractivity contribution is 7.91. The van der Waals surface area contributed by atoms with E-state index in [4.69, 9.17) is 5.11 Å². The topological polar surface area (TPSA) is 118 Å². The minimum atomic E-state index is -3.82. The van der Waals surface area contributed by atoms with E-state index < -0.39 is 28.1 Å². The zero-order valence-corrected chi connectivity index (χ0v) is 13.1. The third-order valence-corrected chi connectivity index (χ3v) is 4.25. The molecule has 122 valence electrons. The highest BCUT2D eigenvalue weighted by Crippen LogP contribution is 2.09. The Morgan fingerprint density at radius 1 is 1.30 bits per heavy atom. The van der Waals surface area contributed by atoms with Crippen LogP contribution in [-0.2, 0) is 27.1 Å². The molecular formula is C14H15N3O5S. The summed E-state index contributed by atoms with van der Waals surface area (Å²) in [5, 5.41) is 8.81. The van der Waals surface area contributed by atoms with E-state index in [2.05, 4.69) is 9.71 Å². The van der Waals surface area contributed by atoms with Crippen LogP contribution in [0, 0.1) is 6.92 Å². The van der Waals surface area contributed by atoms with Gasteiger partial charge in [0, 0.05) is 0 Å². The van der Waals surface area contributed by atoms with E-state index in [1.54, 1.807) is 30.3 Å². The Hall–Kier alpha value is -2.68. The first-order valence-corrected chi connectivity index (χ1v) is 8.26. The number of carboxylic acid groups (broad SMARTS) is 1. The Labute approximate surface area is 132 Å². The summed E-state index contributed by atoms with van der Waals surface area (Å²) >= 11 is 0. The second kappa shape index (κ2) is 6.61. The van der Waals surface area contributed by atoms with Gasteiger partial charge in [-0.2, -0.15) is 0 Å². The summed E-state index contributed by atoms with van der Waals surface area (Å²) in [7, 11) is -3.82. The molecule has 0 unspecified atom stereocenters. The Kier molecular flexibility index (Phi) is 4.80. The van der Waals surface area contributed by atoms with Gasteiger partial charge in [-0.25, -0.2) is 13.4 Å². The fourth-order valence-corrected chi connectivity index (χ4v) is 3.14. The van der Waals surface area contributed by atoms with Crippen molar-refractivity contribution in [2.45, 2.75) is 19.2 Å². The minimum absolute atomic E-state index is 0.184. The molecule has 2 aromatic rings. The number of carboxylic acids is 1. The summed E-state index contributed by atoms with van der Waals surface area (Å²) in [5.74, 6) is -1.34. The molecule has 0 spiro atoms. The van der Waals surface area contributed by atoms with Gasteiger partial charge in [0.15, 0.2) is 0 Å². The van der Waals surface area contributed by atoms with Gasteiger partial charge in [-0.1, -0.05) is 30.3 Å². The highest BCUT2D eigenvalue weighted by atomic mass is 32.2. The van der Waals surface area contributed by atoms with Crippen molar-refractivity contribution in [1.82, 2.24) is 9.55 Å². The lowest BCUT2D eigenvalue weighted by molar-refractivity contribution is -0.137. The number of nitrogens with one attached hydrogen (secondary N) is 1. The van der Waals surface area contributed by atoms with Gasteiger partial charge in [-0.05, 0) is 12.5 Å². The van der Waals surface area contributed by atoms with Crippen LogP contribution in [0.5, 0.6) is 0 Å². The monoisotopic (exact) mass is 337 g/mol. The van der Waals surface area contributed by atoms with Crippen molar-refractivity contribution in [2.24, 2.45) is 0 Å². The number of anilines is 1. The third kappa shape index (κ3) is 4.39. The average Bonchev–Trinajstić information content (AvgIpc) is 2.47.